The van der Waals surface area contributed by atoms with E-state index in [4.69, 9.17) is 5.84 Å². The second kappa shape index (κ2) is 9.37. The van der Waals surface area contributed by atoms with Gasteiger partial charge in [-0.05, 0) is 118 Å². The summed E-state index contributed by atoms with van der Waals surface area (Å²) in [6, 6.07) is 1.36. The molecule has 7 unspecified atom stereocenters. The highest BCUT2D eigenvalue weighted by atomic mass is 15.2. The minimum atomic E-state index is 0.599. The highest BCUT2D eigenvalue weighted by Crippen LogP contribution is 2.67. The van der Waals surface area contributed by atoms with Gasteiger partial charge < -0.3 is 10.6 Å². The normalized spacial score (nSPS) is 45.8. The summed E-state index contributed by atoms with van der Waals surface area (Å²) in [6.45, 7) is 13.3. The van der Waals surface area contributed by atoms with Crippen molar-refractivity contribution in [2.75, 3.05) is 19.6 Å². The van der Waals surface area contributed by atoms with E-state index < -0.39 is 0 Å². The van der Waals surface area contributed by atoms with Gasteiger partial charge in [0.1, 0.15) is 0 Å². The van der Waals surface area contributed by atoms with Crippen molar-refractivity contribution in [1.82, 2.24) is 16.1 Å². The molecule has 0 amide bonds. The Bertz CT molecular complexity index is 565. The quantitative estimate of drug-likeness (QED) is 0.267. The molecule has 4 aliphatic rings. The van der Waals surface area contributed by atoms with Gasteiger partial charge in [-0.15, -0.1) is 0 Å². The average Bonchev–Trinajstić information content (AvgIpc) is 3.06. The molecule has 8 atom stereocenters. The lowest BCUT2D eigenvalue weighted by atomic mass is 9.44. The van der Waals surface area contributed by atoms with Gasteiger partial charge in [-0.3, -0.25) is 11.3 Å². The molecule has 0 aliphatic heterocycles. The van der Waals surface area contributed by atoms with E-state index in [2.05, 4.69) is 43.8 Å². The standard InChI is InChI=1S/C26H50N4/c1-18(2)29-17-20-7-9-23-22-8-6-19-16-21(28-14-5-15-30-27)10-12-25(19,3)24(22)11-13-26(20,23)4/h18-24,28-30H,5-17,27H2,1-4H3/t19?,20?,21?,22?,23?,24?,25-,26?/m0/s1. The largest absolute Gasteiger partial charge is 0.314 e. The molecule has 4 heteroatoms. The van der Waals surface area contributed by atoms with Crippen LogP contribution >= 0.6 is 0 Å². The van der Waals surface area contributed by atoms with E-state index in [1.807, 2.05) is 0 Å². The number of hydrazine groups is 1. The molecule has 174 valence electrons. The molecule has 30 heavy (non-hydrogen) atoms. The van der Waals surface area contributed by atoms with E-state index in [1.165, 1.54) is 64.3 Å². The maximum atomic E-state index is 5.42. The third-order valence-electron chi connectivity index (χ3n) is 10.6. The third kappa shape index (κ3) is 4.23. The second-order valence-corrected chi connectivity index (χ2v) is 12.3. The van der Waals surface area contributed by atoms with Crippen molar-refractivity contribution in [3.63, 3.8) is 0 Å². The Morgan fingerprint density at radius 3 is 2.43 bits per heavy atom. The van der Waals surface area contributed by atoms with E-state index >= 15 is 0 Å². The molecule has 0 radical (unpaired) electrons. The van der Waals surface area contributed by atoms with Gasteiger partial charge in [-0.2, -0.15) is 0 Å². The van der Waals surface area contributed by atoms with E-state index in [0.29, 0.717) is 16.9 Å². The fourth-order valence-electron chi connectivity index (χ4n) is 8.76. The highest BCUT2D eigenvalue weighted by molar-refractivity contribution is 5.09. The summed E-state index contributed by atoms with van der Waals surface area (Å²) < 4.78 is 0. The molecule has 0 heterocycles. The molecule has 4 aliphatic carbocycles. The van der Waals surface area contributed by atoms with E-state index in [1.54, 1.807) is 0 Å². The first-order valence-corrected chi connectivity index (χ1v) is 13.3. The van der Waals surface area contributed by atoms with Gasteiger partial charge in [-0.1, -0.05) is 27.7 Å². The number of nitrogens with one attached hydrogen (secondary N) is 3. The van der Waals surface area contributed by atoms with Gasteiger partial charge in [0, 0.05) is 18.6 Å². The number of hydrogen-bond donors (Lipinski definition) is 4. The zero-order valence-corrected chi connectivity index (χ0v) is 20.3. The average molecular weight is 419 g/mol. The van der Waals surface area contributed by atoms with E-state index in [0.717, 1.165) is 55.1 Å². The first-order valence-electron chi connectivity index (χ1n) is 13.3. The van der Waals surface area contributed by atoms with Crippen molar-refractivity contribution in [2.45, 2.75) is 104 Å². The lowest BCUT2D eigenvalue weighted by Crippen LogP contribution is -2.55. The van der Waals surface area contributed by atoms with Crippen molar-refractivity contribution in [3.8, 4) is 0 Å². The lowest BCUT2D eigenvalue weighted by Gasteiger charge is -2.61. The fraction of sp³-hybridized carbons (Fsp3) is 1.00. The van der Waals surface area contributed by atoms with Crippen molar-refractivity contribution >= 4 is 0 Å². The Hall–Kier alpha value is -0.160. The predicted octanol–water partition coefficient (Wildman–Crippen LogP) is 4.45. The molecule has 0 saturated heterocycles. The Morgan fingerprint density at radius 2 is 1.67 bits per heavy atom. The van der Waals surface area contributed by atoms with Crippen molar-refractivity contribution in [3.05, 3.63) is 0 Å². The van der Waals surface area contributed by atoms with Gasteiger partial charge in [0.05, 0.1) is 0 Å². The minimum Gasteiger partial charge on any atom is -0.314 e. The van der Waals surface area contributed by atoms with E-state index in [9.17, 15) is 0 Å². The predicted molar refractivity (Wildman–Crippen MR) is 127 cm³/mol. The molecular formula is C26H50N4. The first-order chi connectivity index (χ1) is 14.4. The van der Waals surface area contributed by atoms with Crippen LogP contribution < -0.4 is 21.9 Å². The summed E-state index contributed by atoms with van der Waals surface area (Å²) in [6.07, 6.45) is 14.3. The molecule has 5 N–H and O–H groups in total. The van der Waals surface area contributed by atoms with Gasteiger partial charge in [0.25, 0.3) is 0 Å². The summed E-state index contributed by atoms with van der Waals surface area (Å²) in [5.74, 6) is 10.3. The van der Waals surface area contributed by atoms with Crippen LogP contribution in [-0.4, -0.2) is 31.7 Å². The van der Waals surface area contributed by atoms with E-state index in [-0.39, 0.29) is 0 Å². The third-order valence-corrected chi connectivity index (χ3v) is 10.6. The van der Waals surface area contributed by atoms with Crippen LogP contribution in [0.5, 0.6) is 0 Å². The van der Waals surface area contributed by atoms with Crippen LogP contribution in [0.2, 0.25) is 0 Å². The van der Waals surface area contributed by atoms with Crippen molar-refractivity contribution in [1.29, 1.82) is 0 Å². The molecular weight excluding hydrogens is 368 g/mol. The summed E-state index contributed by atoms with van der Waals surface area (Å²) in [5.41, 5.74) is 3.99. The van der Waals surface area contributed by atoms with Crippen LogP contribution in [0, 0.1) is 40.4 Å². The minimum absolute atomic E-state index is 0.599. The van der Waals surface area contributed by atoms with Crippen LogP contribution in [-0.2, 0) is 0 Å². The lowest BCUT2D eigenvalue weighted by molar-refractivity contribution is -0.114. The number of fused-ring (bicyclic) bond motifs is 5. The smallest absolute Gasteiger partial charge is 0.0109 e. The summed E-state index contributed by atoms with van der Waals surface area (Å²) in [4.78, 5) is 0. The second-order valence-electron chi connectivity index (χ2n) is 12.3. The number of hydrogen-bond acceptors (Lipinski definition) is 4. The molecule has 0 aromatic carbocycles. The van der Waals surface area contributed by atoms with Crippen LogP contribution in [0.1, 0.15) is 91.9 Å². The molecule has 4 fully saturated rings. The summed E-state index contributed by atoms with van der Waals surface area (Å²) in [5, 5.41) is 7.63. The number of nitrogens with two attached hydrogens (primary N) is 1. The maximum absolute atomic E-state index is 5.42. The van der Waals surface area contributed by atoms with Crippen LogP contribution in [0.3, 0.4) is 0 Å². The Kier molecular flexibility index (Phi) is 7.19. The fourth-order valence-corrected chi connectivity index (χ4v) is 8.76. The molecule has 0 spiro atoms. The Balaban J connectivity index is 1.38. The molecule has 0 aromatic heterocycles. The summed E-state index contributed by atoms with van der Waals surface area (Å²) >= 11 is 0. The van der Waals surface area contributed by atoms with Gasteiger partial charge in [0.2, 0.25) is 0 Å². The zero-order valence-electron chi connectivity index (χ0n) is 20.3. The van der Waals surface area contributed by atoms with Crippen molar-refractivity contribution < 1.29 is 0 Å². The maximum Gasteiger partial charge on any atom is 0.0109 e. The van der Waals surface area contributed by atoms with Gasteiger partial charge in [0.15, 0.2) is 0 Å². The first kappa shape index (κ1) is 23.0. The molecule has 4 rings (SSSR count). The highest BCUT2D eigenvalue weighted by Gasteiger charge is 2.59. The molecule has 0 bridgehead atoms. The molecule has 4 nitrogen and oxygen atoms in total. The van der Waals surface area contributed by atoms with Crippen LogP contribution in [0.4, 0.5) is 0 Å². The van der Waals surface area contributed by atoms with Crippen molar-refractivity contribution in [2.24, 2.45) is 46.3 Å². The molecule has 0 aromatic rings. The Labute approximate surface area is 186 Å². The van der Waals surface area contributed by atoms with Crippen LogP contribution in [0.15, 0.2) is 0 Å². The monoisotopic (exact) mass is 418 g/mol. The Morgan fingerprint density at radius 1 is 0.900 bits per heavy atom. The van der Waals surface area contributed by atoms with Crippen LogP contribution in [0.25, 0.3) is 0 Å². The molecule has 4 saturated carbocycles. The zero-order chi connectivity index (χ0) is 21.4. The topological polar surface area (TPSA) is 62.1 Å². The number of rotatable bonds is 8. The SMILES string of the molecule is CC(C)NCC1CCC2C3CCC4CC(NCCCNN)CC[C@]4(C)C3CCC12C. The summed E-state index contributed by atoms with van der Waals surface area (Å²) in [7, 11) is 0. The van der Waals surface area contributed by atoms with Gasteiger partial charge >= 0.3 is 0 Å². The van der Waals surface area contributed by atoms with Gasteiger partial charge in [-0.25, -0.2) is 0 Å².